The van der Waals surface area contributed by atoms with E-state index in [1.54, 1.807) is 24.3 Å². The maximum atomic E-state index is 11.3. The second kappa shape index (κ2) is 7.10. The van der Waals surface area contributed by atoms with Gasteiger partial charge in [-0.2, -0.15) is 0 Å². The van der Waals surface area contributed by atoms with E-state index in [9.17, 15) is 8.42 Å². The Morgan fingerprint density at radius 3 is 2.64 bits per heavy atom. The fourth-order valence-electron chi connectivity index (χ4n) is 3.02. The van der Waals surface area contributed by atoms with E-state index in [0.717, 1.165) is 22.7 Å². The average Bonchev–Trinajstić information content (AvgIpc) is 3.29. The average molecular weight is 397 g/mol. The maximum Gasteiger partial charge on any atom is 0.247 e. The van der Waals surface area contributed by atoms with Gasteiger partial charge < -0.3 is 15.1 Å². The quantitative estimate of drug-likeness (QED) is 0.459. The standard InChI is InChI=1S/C19H19N5O3S/c1-28(25,26)24-14-8-6-12(7-9-14)18-22-23-19(27-18)16(20)10-13-11-21-17-5-3-2-4-15(13)17/h2-9,11,16,21,24H,10,20H2,1H3/t16-/m0/s1. The number of nitrogens with zero attached hydrogens (tertiary/aromatic N) is 2. The second-order valence-corrected chi connectivity index (χ2v) is 8.32. The van der Waals surface area contributed by atoms with Crippen LogP contribution in [0.3, 0.4) is 0 Å². The summed E-state index contributed by atoms with van der Waals surface area (Å²) < 4.78 is 30.7. The van der Waals surface area contributed by atoms with Gasteiger partial charge in [0, 0.05) is 28.4 Å². The first-order valence-corrected chi connectivity index (χ1v) is 10.5. The summed E-state index contributed by atoms with van der Waals surface area (Å²) in [6.45, 7) is 0. The van der Waals surface area contributed by atoms with Gasteiger partial charge >= 0.3 is 0 Å². The molecule has 4 aromatic rings. The first-order chi connectivity index (χ1) is 13.4. The van der Waals surface area contributed by atoms with Crippen LogP contribution in [0.15, 0.2) is 59.1 Å². The molecule has 0 spiro atoms. The number of nitrogens with one attached hydrogen (secondary N) is 2. The molecule has 0 aliphatic heterocycles. The van der Waals surface area contributed by atoms with Crippen molar-refractivity contribution in [3.8, 4) is 11.5 Å². The van der Waals surface area contributed by atoms with Crippen LogP contribution in [0.1, 0.15) is 17.5 Å². The van der Waals surface area contributed by atoms with Gasteiger partial charge in [0.2, 0.25) is 21.8 Å². The Kier molecular flexibility index (Phi) is 4.62. The van der Waals surface area contributed by atoms with Gasteiger partial charge in [-0.1, -0.05) is 18.2 Å². The molecule has 0 saturated carbocycles. The van der Waals surface area contributed by atoms with E-state index >= 15 is 0 Å². The molecule has 8 nitrogen and oxygen atoms in total. The number of fused-ring (bicyclic) bond motifs is 1. The van der Waals surface area contributed by atoms with Crippen LogP contribution in [-0.4, -0.2) is 29.9 Å². The van der Waals surface area contributed by atoms with Crippen molar-refractivity contribution in [1.29, 1.82) is 0 Å². The minimum absolute atomic E-state index is 0.329. The van der Waals surface area contributed by atoms with E-state index in [1.165, 1.54) is 0 Å². The van der Waals surface area contributed by atoms with Gasteiger partial charge in [0.25, 0.3) is 0 Å². The summed E-state index contributed by atoms with van der Waals surface area (Å²) in [5.74, 6) is 0.675. The lowest BCUT2D eigenvalue weighted by Gasteiger charge is -2.06. The van der Waals surface area contributed by atoms with Gasteiger partial charge in [0.1, 0.15) is 0 Å². The highest BCUT2D eigenvalue weighted by Crippen LogP contribution is 2.25. The van der Waals surface area contributed by atoms with E-state index in [-0.39, 0.29) is 0 Å². The number of hydrogen-bond acceptors (Lipinski definition) is 6. The first kappa shape index (κ1) is 18.2. The third-order valence-electron chi connectivity index (χ3n) is 4.31. The van der Waals surface area contributed by atoms with Crippen LogP contribution in [0.2, 0.25) is 0 Å². The Morgan fingerprint density at radius 2 is 1.89 bits per heavy atom. The van der Waals surface area contributed by atoms with Crippen molar-refractivity contribution in [1.82, 2.24) is 15.2 Å². The molecule has 28 heavy (non-hydrogen) atoms. The zero-order valence-electron chi connectivity index (χ0n) is 15.1. The zero-order valence-corrected chi connectivity index (χ0v) is 15.9. The summed E-state index contributed by atoms with van der Waals surface area (Å²) in [5.41, 5.74) is 9.55. The highest BCUT2D eigenvalue weighted by Gasteiger charge is 2.18. The number of rotatable bonds is 6. The number of benzene rings is 2. The van der Waals surface area contributed by atoms with Crippen molar-refractivity contribution in [2.45, 2.75) is 12.5 Å². The lowest BCUT2D eigenvalue weighted by molar-refractivity contribution is 0.458. The van der Waals surface area contributed by atoms with E-state index in [0.29, 0.717) is 29.5 Å². The van der Waals surface area contributed by atoms with E-state index in [1.807, 2.05) is 30.5 Å². The lowest BCUT2D eigenvalue weighted by Crippen LogP contribution is -2.13. The summed E-state index contributed by atoms with van der Waals surface area (Å²) in [6.07, 6.45) is 3.60. The monoisotopic (exact) mass is 397 g/mol. The number of H-pyrrole nitrogens is 1. The Bertz CT molecular complexity index is 1210. The Labute approximate surface area is 161 Å². The number of para-hydroxylation sites is 1. The summed E-state index contributed by atoms with van der Waals surface area (Å²) in [7, 11) is -3.32. The topological polar surface area (TPSA) is 127 Å². The van der Waals surface area contributed by atoms with Gasteiger partial charge in [0.15, 0.2) is 0 Å². The number of hydrogen-bond donors (Lipinski definition) is 3. The molecule has 0 aliphatic rings. The van der Waals surface area contributed by atoms with Crippen molar-refractivity contribution in [2.75, 3.05) is 11.0 Å². The van der Waals surface area contributed by atoms with Crippen LogP contribution in [0.4, 0.5) is 5.69 Å². The number of nitrogens with two attached hydrogens (primary N) is 1. The number of sulfonamides is 1. The van der Waals surface area contributed by atoms with Crippen LogP contribution in [-0.2, 0) is 16.4 Å². The molecule has 0 amide bonds. The molecule has 0 fully saturated rings. The fourth-order valence-corrected chi connectivity index (χ4v) is 3.58. The lowest BCUT2D eigenvalue weighted by atomic mass is 10.1. The molecule has 144 valence electrons. The molecule has 2 aromatic carbocycles. The van der Waals surface area contributed by atoms with Crippen LogP contribution < -0.4 is 10.5 Å². The molecule has 0 radical (unpaired) electrons. The van der Waals surface area contributed by atoms with Gasteiger partial charge in [-0.05, 0) is 42.3 Å². The van der Waals surface area contributed by atoms with E-state index in [2.05, 4.69) is 19.9 Å². The molecule has 2 aromatic heterocycles. The van der Waals surface area contributed by atoms with Crippen molar-refractivity contribution in [3.63, 3.8) is 0 Å². The molecule has 1 atom stereocenters. The van der Waals surface area contributed by atoms with Crippen molar-refractivity contribution < 1.29 is 12.8 Å². The Balaban J connectivity index is 1.50. The molecular formula is C19H19N5O3S. The largest absolute Gasteiger partial charge is 0.419 e. The molecule has 0 aliphatic carbocycles. The van der Waals surface area contributed by atoms with Crippen LogP contribution >= 0.6 is 0 Å². The summed E-state index contributed by atoms with van der Waals surface area (Å²) in [5, 5.41) is 9.25. The molecular weight excluding hydrogens is 378 g/mol. The third kappa shape index (κ3) is 3.90. The highest BCUT2D eigenvalue weighted by atomic mass is 32.2. The maximum absolute atomic E-state index is 11.3. The highest BCUT2D eigenvalue weighted by molar-refractivity contribution is 7.92. The van der Waals surface area contributed by atoms with E-state index in [4.69, 9.17) is 10.2 Å². The van der Waals surface area contributed by atoms with Gasteiger partial charge in [0.05, 0.1) is 12.3 Å². The molecule has 4 N–H and O–H groups in total. The number of aromatic nitrogens is 3. The summed E-state index contributed by atoms with van der Waals surface area (Å²) in [4.78, 5) is 3.23. The molecule has 0 unspecified atom stereocenters. The van der Waals surface area contributed by atoms with Gasteiger partial charge in [-0.3, -0.25) is 4.72 Å². The molecule has 2 heterocycles. The Morgan fingerprint density at radius 1 is 1.14 bits per heavy atom. The predicted molar refractivity (Wildman–Crippen MR) is 107 cm³/mol. The fraction of sp³-hybridized carbons (Fsp3) is 0.158. The minimum Gasteiger partial charge on any atom is -0.419 e. The van der Waals surface area contributed by atoms with Crippen LogP contribution in [0, 0.1) is 0 Å². The normalized spacial score (nSPS) is 12.9. The SMILES string of the molecule is CS(=O)(=O)Nc1ccc(-c2nnc([C@@H](N)Cc3c[nH]c4ccccc34)o2)cc1. The Hall–Kier alpha value is -3.17. The van der Waals surface area contributed by atoms with Crippen molar-refractivity contribution >= 4 is 26.6 Å². The molecule has 4 rings (SSSR count). The zero-order chi connectivity index (χ0) is 19.7. The van der Waals surface area contributed by atoms with Crippen molar-refractivity contribution in [3.05, 3.63) is 66.2 Å². The van der Waals surface area contributed by atoms with Crippen LogP contribution in [0.25, 0.3) is 22.4 Å². The third-order valence-corrected chi connectivity index (χ3v) is 4.91. The summed E-state index contributed by atoms with van der Waals surface area (Å²) >= 11 is 0. The minimum atomic E-state index is -3.32. The smallest absolute Gasteiger partial charge is 0.247 e. The molecule has 0 saturated heterocycles. The number of aromatic amines is 1. The first-order valence-electron chi connectivity index (χ1n) is 8.61. The van der Waals surface area contributed by atoms with Crippen LogP contribution in [0.5, 0.6) is 0 Å². The molecule has 9 heteroatoms. The van der Waals surface area contributed by atoms with Gasteiger partial charge in [-0.25, -0.2) is 8.42 Å². The predicted octanol–water partition coefficient (Wildman–Crippen LogP) is 2.83. The van der Waals surface area contributed by atoms with E-state index < -0.39 is 16.1 Å². The van der Waals surface area contributed by atoms with Crippen molar-refractivity contribution in [2.24, 2.45) is 5.73 Å². The second-order valence-electron chi connectivity index (χ2n) is 6.57. The summed E-state index contributed by atoms with van der Waals surface area (Å²) in [6, 6.07) is 14.2. The number of anilines is 1. The molecule has 0 bridgehead atoms. The van der Waals surface area contributed by atoms with Gasteiger partial charge in [-0.15, -0.1) is 10.2 Å².